The SMILES string of the molecule is CCn1ccc(=O)n(Cc2ccccc2C(=O)NN)c1=O. The molecule has 0 aliphatic heterocycles. The second-order valence-electron chi connectivity index (χ2n) is 4.44. The number of hydrazine groups is 1. The van der Waals surface area contributed by atoms with Crippen molar-refractivity contribution in [1.82, 2.24) is 14.6 Å². The van der Waals surface area contributed by atoms with Gasteiger partial charge < -0.3 is 4.57 Å². The van der Waals surface area contributed by atoms with Crippen molar-refractivity contribution >= 4 is 5.91 Å². The van der Waals surface area contributed by atoms with E-state index in [1.165, 1.54) is 16.8 Å². The summed E-state index contributed by atoms with van der Waals surface area (Å²) in [7, 11) is 0. The Morgan fingerprint density at radius 3 is 2.62 bits per heavy atom. The molecule has 0 saturated heterocycles. The van der Waals surface area contributed by atoms with Gasteiger partial charge in [-0.15, -0.1) is 0 Å². The molecule has 0 bridgehead atoms. The maximum Gasteiger partial charge on any atom is 0.331 e. The molecule has 0 fully saturated rings. The summed E-state index contributed by atoms with van der Waals surface area (Å²) in [6, 6.07) is 8.02. The molecule has 110 valence electrons. The molecule has 2 rings (SSSR count). The van der Waals surface area contributed by atoms with E-state index in [9.17, 15) is 14.4 Å². The molecule has 1 aromatic heterocycles. The van der Waals surface area contributed by atoms with Crippen LogP contribution in [0.15, 0.2) is 46.1 Å². The van der Waals surface area contributed by atoms with Crippen molar-refractivity contribution in [3.8, 4) is 0 Å². The van der Waals surface area contributed by atoms with E-state index in [1.54, 1.807) is 24.3 Å². The lowest BCUT2D eigenvalue weighted by Crippen LogP contribution is -2.39. The molecule has 0 spiro atoms. The summed E-state index contributed by atoms with van der Waals surface area (Å²) in [5.74, 6) is 4.67. The van der Waals surface area contributed by atoms with Crippen LogP contribution in [0.5, 0.6) is 0 Å². The minimum absolute atomic E-state index is 0.0160. The number of nitrogens with two attached hydrogens (primary N) is 1. The first-order chi connectivity index (χ1) is 10.1. The Kier molecular flexibility index (Phi) is 4.34. The Morgan fingerprint density at radius 1 is 1.24 bits per heavy atom. The van der Waals surface area contributed by atoms with Crippen LogP contribution in [0.25, 0.3) is 0 Å². The number of nitrogen functional groups attached to an aromatic ring is 1. The van der Waals surface area contributed by atoms with Crippen LogP contribution in [-0.2, 0) is 13.1 Å². The van der Waals surface area contributed by atoms with Crippen molar-refractivity contribution in [2.24, 2.45) is 5.84 Å². The molecule has 0 radical (unpaired) electrons. The van der Waals surface area contributed by atoms with Gasteiger partial charge in [-0.3, -0.25) is 19.6 Å². The fourth-order valence-electron chi connectivity index (χ4n) is 2.07. The van der Waals surface area contributed by atoms with E-state index in [1.807, 2.05) is 12.3 Å². The number of aromatic nitrogens is 2. The van der Waals surface area contributed by atoms with E-state index in [0.717, 1.165) is 4.57 Å². The average molecular weight is 288 g/mol. The normalized spacial score (nSPS) is 10.4. The Morgan fingerprint density at radius 2 is 1.95 bits per heavy atom. The highest BCUT2D eigenvalue weighted by molar-refractivity contribution is 5.95. The molecular weight excluding hydrogens is 272 g/mol. The van der Waals surface area contributed by atoms with Gasteiger partial charge in [-0.25, -0.2) is 10.6 Å². The molecule has 0 aliphatic carbocycles. The summed E-state index contributed by atoms with van der Waals surface area (Å²) in [6.45, 7) is 2.29. The lowest BCUT2D eigenvalue weighted by Gasteiger charge is -2.11. The zero-order chi connectivity index (χ0) is 15.4. The predicted octanol–water partition coefficient (Wildman–Crippen LogP) is -0.318. The standard InChI is InChI=1S/C14H16N4O3/c1-2-17-8-7-12(19)18(14(17)21)9-10-5-3-4-6-11(10)13(20)16-15/h3-8H,2,9,15H2,1H3,(H,16,20). The lowest BCUT2D eigenvalue weighted by molar-refractivity contribution is 0.0952. The van der Waals surface area contributed by atoms with E-state index < -0.39 is 17.2 Å². The monoisotopic (exact) mass is 288 g/mol. The van der Waals surface area contributed by atoms with Crippen LogP contribution in [0.3, 0.4) is 0 Å². The summed E-state index contributed by atoms with van der Waals surface area (Å²) in [5, 5.41) is 0. The summed E-state index contributed by atoms with van der Waals surface area (Å²) in [4.78, 5) is 35.8. The smallest absolute Gasteiger partial charge is 0.301 e. The molecule has 0 unspecified atom stereocenters. The predicted molar refractivity (Wildman–Crippen MR) is 77.8 cm³/mol. The molecule has 0 saturated carbocycles. The highest BCUT2D eigenvalue weighted by Crippen LogP contribution is 2.09. The fourth-order valence-corrected chi connectivity index (χ4v) is 2.07. The van der Waals surface area contributed by atoms with Crippen molar-refractivity contribution in [3.05, 3.63) is 68.5 Å². The first-order valence-corrected chi connectivity index (χ1v) is 6.47. The van der Waals surface area contributed by atoms with Gasteiger partial charge in [0.1, 0.15) is 0 Å². The zero-order valence-electron chi connectivity index (χ0n) is 11.6. The molecular formula is C14H16N4O3. The van der Waals surface area contributed by atoms with Crippen LogP contribution < -0.4 is 22.5 Å². The van der Waals surface area contributed by atoms with E-state index in [2.05, 4.69) is 0 Å². The van der Waals surface area contributed by atoms with E-state index in [-0.39, 0.29) is 6.54 Å². The average Bonchev–Trinajstić information content (AvgIpc) is 2.51. The molecule has 1 amide bonds. The van der Waals surface area contributed by atoms with Gasteiger partial charge >= 0.3 is 5.69 Å². The van der Waals surface area contributed by atoms with Gasteiger partial charge in [0.15, 0.2) is 0 Å². The molecule has 21 heavy (non-hydrogen) atoms. The number of carbonyl (C=O) groups is 1. The number of rotatable bonds is 4. The Balaban J connectivity index is 2.52. The minimum atomic E-state index is -0.467. The molecule has 1 aromatic carbocycles. The molecule has 7 nitrogen and oxygen atoms in total. The van der Waals surface area contributed by atoms with Gasteiger partial charge in [0.25, 0.3) is 11.5 Å². The number of amides is 1. The van der Waals surface area contributed by atoms with Gasteiger partial charge in [-0.05, 0) is 18.6 Å². The van der Waals surface area contributed by atoms with Crippen molar-refractivity contribution < 1.29 is 4.79 Å². The molecule has 1 heterocycles. The van der Waals surface area contributed by atoms with Gasteiger partial charge in [-0.1, -0.05) is 18.2 Å². The third kappa shape index (κ3) is 2.92. The van der Waals surface area contributed by atoms with Crippen LogP contribution in [-0.4, -0.2) is 15.0 Å². The number of carbonyl (C=O) groups excluding carboxylic acids is 1. The van der Waals surface area contributed by atoms with Crippen LogP contribution in [0.4, 0.5) is 0 Å². The minimum Gasteiger partial charge on any atom is -0.301 e. The second kappa shape index (κ2) is 6.19. The fraction of sp³-hybridized carbons (Fsp3) is 0.214. The first-order valence-electron chi connectivity index (χ1n) is 6.47. The topological polar surface area (TPSA) is 99.1 Å². The van der Waals surface area contributed by atoms with Gasteiger partial charge in [-0.2, -0.15) is 0 Å². The van der Waals surface area contributed by atoms with Crippen LogP contribution in [0.2, 0.25) is 0 Å². The number of nitrogens with zero attached hydrogens (tertiary/aromatic N) is 2. The third-order valence-electron chi connectivity index (χ3n) is 3.20. The number of benzene rings is 1. The van der Waals surface area contributed by atoms with Crippen LogP contribution in [0.1, 0.15) is 22.8 Å². The summed E-state index contributed by atoms with van der Waals surface area (Å²) in [5.41, 5.74) is 2.11. The van der Waals surface area contributed by atoms with Crippen molar-refractivity contribution in [1.29, 1.82) is 0 Å². The maximum atomic E-state index is 12.2. The number of hydrogen-bond acceptors (Lipinski definition) is 4. The summed E-state index contributed by atoms with van der Waals surface area (Å²) >= 11 is 0. The van der Waals surface area contributed by atoms with Crippen molar-refractivity contribution in [2.75, 3.05) is 0 Å². The Hall–Kier alpha value is -2.67. The van der Waals surface area contributed by atoms with Gasteiger partial charge in [0.2, 0.25) is 0 Å². The number of hydrogen-bond donors (Lipinski definition) is 2. The molecule has 2 aromatic rings. The number of aryl methyl sites for hydroxylation is 1. The van der Waals surface area contributed by atoms with Crippen molar-refractivity contribution in [3.63, 3.8) is 0 Å². The number of nitrogens with one attached hydrogen (secondary N) is 1. The summed E-state index contributed by atoms with van der Waals surface area (Å²) in [6.07, 6.45) is 1.46. The highest BCUT2D eigenvalue weighted by Gasteiger charge is 2.12. The third-order valence-corrected chi connectivity index (χ3v) is 3.20. The Labute approximate surface area is 120 Å². The zero-order valence-corrected chi connectivity index (χ0v) is 11.6. The van der Waals surface area contributed by atoms with E-state index in [0.29, 0.717) is 17.7 Å². The largest absolute Gasteiger partial charge is 0.331 e. The molecule has 3 N–H and O–H groups in total. The highest BCUT2D eigenvalue weighted by atomic mass is 16.2. The quantitative estimate of drug-likeness (QED) is 0.457. The van der Waals surface area contributed by atoms with E-state index >= 15 is 0 Å². The van der Waals surface area contributed by atoms with Crippen LogP contribution >= 0.6 is 0 Å². The Bertz CT molecular complexity index is 776. The van der Waals surface area contributed by atoms with Crippen molar-refractivity contribution in [2.45, 2.75) is 20.0 Å². The van der Waals surface area contributed by atoms with E-state index in [4.69, 9.17) is 5.84 Å². The molecule has 0 aliphatic rings. The molecule has 7 heteroatoms. The lowest BCUT2D eigenvalue weighted by atomic mass is 10.1. The molecule has 0 atom stereocenters. The first kappa shape index (κ1) is 14.7. The van der Waals surface area contributed by atoms with Gasteiger partial charge in [0, 0.05) is 24.4 Å². The van der Waals surface area contributed by atoms with Gasteiger partial charge in [0.05, 0.1) is 6.54 Å². The maximum absolute atomic E-state index is 12.2. The van der Waals surface area contributed by atoms with Crippen LogP contribution in [0, 0.1) is 0 Å². The second-order valence-corrected chi connectivity index (χ2v) is 4.44. The summed E-state index contributed by atoms with van der Waals surface area (Å²) < 4.78 is 2.51.